The molecule has 9 rings (SSSR count). The predicted octanol–water partition coefficient (Wildman–Crippen LogP) is 21.2. The third-order valence-corrected chi connectivity index (χ3v) is 24.3. The van der Waals surface area contributed by atoms with E-state index in [1.54, 1.807) is 10.4 Å². The van der Waals surface area contributed by atoms with Gasteiger partial charge in [0, 0.05) is 41.8 Å². The van der Waals surface area contributed by atoms with Crippen LogP contribution in [0.2, 0.25) is 12.1 Å². The van der Waals surface area contributed by atoms with E-state index in [1.807, 2.05) is 22.7 Å². The number of unbranched alkanes of at least 4 members (excludes halogenated alkanes) is 16. The van der Waals surface area contributed by atoms with Crippen molar-refractivity contribution in [2.24, 2.45) is 0 Å². The van der Waals surface area contributed by atoms with Crippen LogP contribution in [0.25, 0.3) is 76.0 Å². The number of aryl methyl sites for hydroxylation is 4. The van der Waals surface area contributed by atoms with Crippen molar-refractivity contribution >= 4 is 52.2 Å². The molecule has 0 bridgehead atoms. The molecule has 0 spiro atoms. The smallest absolute Gasteiger partial charge is 0.119 e. The first-order valence-corrected chi connectivity index (χ1v) is 33.9. The maximum atomic E-state index is 5.84. The zero-order chi connectivity index (χ0) is 52.0. The van der Waals surface area contributed by atoms with Crippen LogP contribution in [0.5, 0.6) is 0 Å². The van der Waals surface area contributed by atoms with E-state index in [0.717, 1.165) is 46.4 Å². The number of rotatable bonds is 29. The molecule has 5 heteroatoms. The number of aromatic nitrogens is 2. The number of thiophene rings is 2. The van der Waals surface area contributed by atoms with E-state index in [9.17, 15) is 0 Å². The van der Waals surface area contributed by atoms with Crippen LogP contribution in [0.3, 0.4) is 0 Å². The number of hydrogen-bond acceptors (Lipinski definition) is 4. The summed E-state index contributed by atoms with van der Waals surface area (Å²) < 4.78 is 0. The van der Waals surface area contributed by atoms with Crippen LogP contribution in [0.15, 0.2) is 121 Å². The van der Waals surface area contributed by atoms with Gasteiger partial charge in [-0.1, -0.05) is 258 Å². The predicted molar refractivity (Wildman–Crippen MR) is 334 cm³/mol. The van der Waals surface area contributed by atoms with Crippen LogP contribution >= 0.6 is 22.7 Å². The van der Waals surface area contributed by atoms with Crippen molar-refractivity contribution in [2.75, 3.05) is 0 Å². The molecule has 0 saturated heterocycles. The Morgan fingerprint density at radius 2 is 0.827 bits per heavy atom. The monoisotopic (exact) mass is 1050 g/mol. The normalized spacial score (nSPS) is 12.7. The van der Waals surface area contributed by atoms with Crippen molar-refractivity contribution in [1.82, 2.24) is 9.97 Å². The summed E-state index contributed by atoms with van der Waals surface area (Å²) in [6.07, 6.45) is 28.5. The lowest BCUT2D eigenvalue weighted by atomic mass is 9.98. The topological polar surface area (TPSA) is 25.8 Å². The van der Waals surface area contributed by atoms with E-state index in [0.29, 0.717) is 0 Å². The second-order valence-corrected chi connectivity index (χ2v) is 28.8. The van der Waals surface area contributed by atoms with Crippen LogP contribution in [0.1, 0.15) is 178 Å². The molecule has 0 radical (unpaired) electrons. The van der Waals surface area contributed by atoms with Crippen molar-refractivity contribution in [1.29, 1.82) is 0 Å². The van der Waals surface area contributed by atoms with Gasteiger partial charge < -0.3 is 0 Å². The number of benzene rings is 5. The molecule has 0 N–H and O–H groups in total. The molecule has 0 amide bonds. The van der Waals surface area contributed by atoms with Crippen LogP contribution in [0, 0.1) is 13.8 Å². The minimum Gasteiger partial charge on any atom is -0.243 e. The summed E-state index contributed by atoms with van der Waals surface area (Å²) in [5.74, 6) is 0. The van der Waals surface area contributed by atoms with Gasteiger partial charge in [0.05, 0.1) is 22.4 Å². The maximum absolute atomic E-state index is 5.84. The molecule has 0 unspecified atom stereocenters. The average molecular weight is 1050 g/mol. The Morgan fingerprint density at radius 3 is 1.37 bits per heavy atom. The van der Waals surface area contributed by atoms with Gasteiger partial charge in [-0.25, -0.2) is 9.97 Å². The van der Waals surface area contributed by atoms with Gasteiger partial charge in [0.2, 0.25) is 0 Å². The zero-order valence-corrected chi connectivity index (χ0v) is 49.4. The maximum Gasteiger partial charge on any atom is 0.119 e. The summed E-state index contributed by atoms with van der Waals surface area (Å²) in [6.45, 7) is 14.0. The first-order valence-electron chi connectivity index (χ1n) is 29.8. The Labute approximate surface area is 461 Å². The fourth-order valence-electron chi connectivity index (χ4n) is 12.3. The van der Waals surface area contributed by atoms with Gasteiger partial charge in [0.15, 0.2) is 0 Å². The highest BCUT2D eigenvalue weighted by atomic mass is 32.1. The summed E-state index contributed by atoms with van der Waals surface area (Å²) in [5, 5.41) is 3.47. The fourth-order valence-corrected chi connectivity index (χ4v) is 20.4. The molecule has 0 fully saturated rings. The third-order valence-electron chi connectivity index (χ3n) is 16.6. The number of hydrogen-bond donors (Lipinski definition) is 0. The highest BCUT2D eigenvalue weighted by Crippen LogP contribution is 2.47. The number of fused-ring (bicyclic) bond motifs is 4. The molecule has 3 aromatic heterocycles. The summed E-state index contributed by atoms with van der Waals surface area (Å²) in [7, 11) is -2.09. The lowest BCUT2D eigenvalue weighted by Gasteiger charge is -2.31. The van der Waals surface area contributed by atoms with Crippen molar-refractivity contribution < 1.29 is 0 Å². The molecule has 2 nitrogen and oxygen atoms in total. The summed E-state index contributed by atoms with van der Waals surface area (Å²) >= 11 is 3.94. The molecule has 392 valence electrons. The van der Waals surface area contributed by atoms with E-state index in [-0.39, 0.29) is 0 Å². The van der Waals surface area contributed by atoms with Crippen LogP contribution in [-0.4, -0.2) is 18.0 Å². The van der Waals surface area contributed by atoms with Crippen LogP contribution in [0.4, 0.5) is 0 Å². The Bertz CT molecular complexity index is 3070. The van der Waals surface area contributed by atoms with Crippen LogP contribution in [-0.2, 0) is 12.8 Å². The molecule has 8 aromatic rings. The van der Waals surface area contributed by atoms with Gasteiger partial charge in [0.25, 0.3) is 0 Å². The Morgan fingerprint density at radius 1 is 0.387 bits per heavy atom. The van der Waals surface area contributed by atoms with Crippen molar-refractivity contribution in [3.8, 4) is 65.0 Å². The Kier molecular flexibility index (Phi) is 19.7. The molecule has 1 aliphatic rings. The van der Waals surface area contributed by atoms with Gasteiger partial charge in [-0.3, -0.25) is 0 Å². The quantitative estimate of drug-likeness (QED) is 0.0345. The lowest BCUT2D eigenvalue weighted by molar-refractivity contribution is 0.616. The van der Waals surface area contributed by atoms with Gasteiger partial charge in [-0.05, 0) is 102 Å². The first-order chi connectivity index (χ1) is 36.9. The lowest BCUT2D eigenvalue weighted by Crippen LogP contribution is -2.55. The molecule has 0 atom stereocenters. The van der Waals surface area contributed by atoms with Crippen molar-refractivity contribution in [2.45, 2.75) is 195 Å². The standard InChI is InChI=1S/C70H86N2S2Si/c1-7-11-15-19-21-31-45-75(46-32-22-20-16-12-8-2)64-47-51(5)39-41-58(64)59-42-40-57(50-65(59)75)70-56(38-26-18-14-10-4)49-63(74-70)61-44-43-60(62-48-55(52(6)73-62)37-25-17-13-9-3)68-69(61)72-67(54-35-29-24-30-36-54)66(71-68)53-33-27-23-28-34-53/h23-24,27-30,33-36,39-44,47-50H,7-22,25-26,31-32,37-38,45-46H2,1-6H3. The molecule has 75 heavy (non-hydrogen) atoms. The summed E-state index contributed by atoms with van der Waals surface area (Å²) in [4.78, 5) is 17.1. The average Bonchev–Trinajstić information content (AvgIpc) is 4.14. The summed E-state index contributed by atoms with van der Waals surface area (Å²) in [6, 6.07) is 49.4. The van der Waals surface area contributed by atoms with Crippen LogP contribution < -0.4 is 10.4 Å². The molecular formula is C70H86N2S2Si. The van der Waals surface area contributed by atoms with Gasteiger partial charge >= 0.3 is 0 Å². The Balaban J connectivity index is 1.20. The Hall–Kier alpha value is -4.94. The molecule has 0 saturated carbocycles. The largest absolute Gasteiger partial charge is 0.243 e. The minimum atomic E-state index is -2.09. The van der Waals surface area contributed by atoms with Gasteiger partial charge in [-0.15, -0.1) is 22.7 Å². The summed E-state index contributed by atoms with van der Waals surface area (Å²) in [5.41, 5.74) is 17.3. The molecular weight excluding hydrogens is 961 g/mol. The van der Waals surface area contributed by atoms with E-state index in [4.69, 9.17) is 9.97 Å². The van der Waals surface area contributed by atoms with E-state index >= 15 is 0 Å². The van der Waals surface area contributed by atoms with E-state index < -0.39 is 8.07 Å². The van der Waals surface area contributed by atoms with Crippen molar-refractivity contribution in [3.05, 3.63) is 143 Å². The fraction of sp³-hybridized carbons (Fsp3) is 0.429. The SMILES string of the molecule is CCCCCCCC[Si]1(CCCCCCCC)c2cc(C)ccc2-c2ccc(-c3sc(-c4ccc(-c5cc(CCCCCC)c(C)s5)c5nc(-c6ccccc6)c(-c6ccccc6)nc45)cc3CCCCCC)cc21. The van der Waals surface area contributed by atoms with E-state index in [2.05, 4.69) is 163 Å². The van der Waals surface area contributed by atoms with E-state index in [1.165, 1.54) is 205 Å². The highest BCUT2D eigenvalue weighted by molar-refractivity contribution is 7.19. The zero-order valence-electron chi connectivity index (χ0n) is 46.7. The molecule has 1 aliphatic heterocycles. The molecule has 5 aromatic carbocycles. The van der Waals surface area contributed by atoms with Crippen molar-refractivity contribution in [3.63, 3.8) is 0 Å². The molecule has 4 heterocycles. The third kappa shape index (κ3) is 12.8. The first kappa shape index (κ1) is 54.8. The molecule has 0 aliphatic carbocycles. The highest BCUT2D eigenvalue weighted by Gasteiger charge is 2.44. The minimum absolute atomic E-state index is 0.938. The second-order valence-electron chi connectivity index (χ2n) is 22.2. The van der Waals surface area contributed by atoms with Gasteiger partial charge in [-0.2, -0.15) is 0 Å². The number of nitrogens with zero attached hydrogens (tertiary/aromatic N) is 2. The van der Waals surface area contributed by atoms with Gasteiger partial charge in [0.1, 0.15) is 8.07 Å². The second kappa shape index (κ2) is 26.9.